The minimum atomic E-state index is -1.21. The standard InChI is InChI=1S/C9H9NO4.C8H9NO2.CO2/c11-4-3-10-6-1-2-8(12)7(5-6)9(13)14;10-6-5-9-7-1-3-8(11)4-2-7;2-1-3/h1-2,4-5,10,12H,3H2,(H,13,14);1-4,6,9,11H,5H2;. The first-order valence-corrected chi connectivity index (χ1v) is 7.59. The summed E-state index contributed by atoms with van der Waals surface area (Å²) in [5.41, 5.74) is 1.11. The molecule has 10 nitrogen and oxygen atoms in total. The maximum Gasteiger partial charge on any atom is 0.373 e. The van der Waals surface area contributed by atoms with Gasteiger partial charge < -0.3 is 35.5 Å². The molecule has 0 fully saturated rings. The molecular weight excluding hydrogens is 372 g/mol. The van der Waals surface area contributed by atoms with E-state index in [4.69, 9.17) is 24.9 Å². The number of phenols is 2. The lowest BCUT2D eigenvalue weighted by molar-refractivity contribution is -0.191. The van der Waals surface area contributed by atoms with Crippen molar-refractivity contribution in [3.63, 3.8) is 0 Å². The Labute approximate surface area is 159 Å². The molecule has 0 aromatic heterocycles. The maximum atomic E-state index is 10.6. The van der Waals surface area contributed by atoms with Crippen LogP contribution < -0.4 is 10.6 Å². The highest BCUT2D eigenvalue weighted by atomic mass is 16.4. The second kappa shape index (κ2) is 14.0. The van der Waals surface area contributed by atoms with Gasteiger partial charge in [0.15, 0.2) is 0 Å². The number of carboxylic acid groups (broad SMARTS) is 1. The molecule has 2 aromatic carbocycles. The Bertz CT molecular complexity index is 800. The van der Waals surface area contributed by atoms with Gasteiger partial charge in [0.25, 0.3) is 0 Å². The Morgan fingerprint density at radius 1 is 0.893 bits per heavy atom. The minimum Gasteiger partial charge on any atom is -0.508 e. The molecule has 0 aliphatic rings. The SMILES string of the molecule is O=C=O.O=CCNc1ccc(O)c(C(=O)O)c1.O=CCNc1ccc(O)cc1. The number of aldehydes is 2. The summed E-state index contributed by atoms with van der Waals surface area (Å²) >= 11 is 0. The number of anilines is 2. The fraction of sp³-hybridized carbons (Fsp3) is 0.111. The quantitative estimate of drug-likeness (QED) is 0.341. The predicted octanol–water partition coefficient (Wildman–Crippen LogP) is 1.12. The van der Waals surface area contributed by atoms with Crippen LogP contribution >= 0.6 is 0 Å². The molecule has 0 aliphatic carbocycles. The zero-order valence-electron chi connectivity index (χ0n) is 14.5. The van der Waals surface area contributed by atoms with E-state index in [1.54, 1.807) is 24.3 Å². The highest BCUT2D eigenvalue weighted by Crippen LogP contribution is 2.21. The van der Waals surface area contributed by atoms with Crippen LogP contribution in [-0.4, -0.2) is 53.1 Å². The van der Waals surface area contributed by atoms with Gasteiger partial charge in [-0.15, -0.1) is 0 Å². The van der Waals surface area contributed by atoms with Gasteiger partial charge in [-0.05, 0) is 42.5 Å². The Balaban J connectivity index is 0.000000466. The number of rotatable bonds is 7. The van der Waals surface area contributed by atoms with Crippen LogP contribution in [0.2, 0.25) is 0 Å². The van der Waals surface area contributed by atoms with E-state index < -0.39 is 5.97 Å². The first kappa shape index (κ1) is 23.8. The molecule has 0 spiro atoms. The van der Waals surface area contributed by atoms with Crippen molar-refractivity contribution in [2.45, 2.75) is 0 Å². The zero-order valence-corrected chi connectivity index (χ0v) is 14.5. The van der Waals surface area contributed by atoms with Crippen molar-refractivity contribution in [2.75, 3.05) is 23.7 Å². The first-order chi connectivity index (χ1) is 13.4. The molecule has 0 amide bonds. The van der Waals surface area contributed by atoms with Crippen molar-refractivity contribution in [2.24, 2.45) is 0 Å². The number of carbonyl (C=O) groups is 3. The molecule has 2 rings (SSSR count). The van der Waals surface area contributed by atoms with Gasteiger partial charge >= 0.3 is 12.1 Å². The number of aromatic carboxylic acids is 1. The number of carboxylic acids is 1. The van der Waals surface area contributed by atoms with Gasteiger partial charge in [0, 0.05) is 11.4 Å². The van der Waals surface area contributed by atoms with Crippen LogP contribution in [0, 0.1) is 0 Å². The zero-order chi connectivity index (χ0) is 21.4. The molecule has 2 aromatic rings. The molecule has 0 aliphatic heterocycles. The van der Waals surface area contributed by atoms with Crippen LogP contribution in [0.25, 0.3) is 0 Å². The topological polar surface area (TPSA) is 170 Å². The van der Waals surface area contributed by atoms with Gasteiger partial charge in [-0.1, -0.05) is 0 Å². The number of hydrogen-bond donors (Lipinski definition) is 5. The average molecular weight is 390 g/mol. The van der Waals surface area contributed by atoms with E-state index in [1.165, 1.54) is 18.2 Å². The van der Waals surface area contributed by atoms with E-state index in [2.05, 4.69) is 10.6 Å². The van der Waals surface area contributed by atoms with Crippen molar-refractivity contribution in [1.82, 2.24) is 0 Å². The summed E-state index contributed by atoms with van der Waals surface area (Å²) in [7, 11) is 0. The van der Waals surface area contributed by atoms with Gasteiger partial charge in [-0.25, -0.2) is 4.79 Å². The van der Waals surface area contributed by atoms with Gasteiger partial charge in [0.1, 0.15) is 29.6 Å². The Morgan fingerprint density at radius 3 is 1.82 bits per heavy atom. The van der Waals surface area contributed by atoms with Crippen LogP contribution in [0.5, 0.6) is 11.5 Å². The Kier molecular flexibility index (Phi) is 12.0. The number of benzene rings is 2. The molecule has 0 atom stereocenters. The molecule has 148 valence electrons. The fourth-order valence-corrected chi connectivity index (χ4v) is 1.72. The summed E-state index contributed by atoms with van der Waals surface area (Å²) in [4.78, 5) is 46.8. The summed E-state index contributed by atoms with van der Waals surface area (Å²) in [6, 6.07) is 10.6. The fourth-order valence-electron chi connectivity index (χ4n) is 1.72. The normalized spacial score (nSPS) is 8.57. The molecular formula is C18H18N2O8. The third-order valence-electron chi connectivity index (χ3n) is 2.87. The summed E-state index contributed by atoms with van der Waals surface area (Å²) in [5.74, 6) is -1.28. The number of hydrogen-bond acceptors (Lipinski definition) is 9. The van der Waals surface area contributed by atoms with Gasteiger partial charge in [0.2, 0.25) is 0 Å². The van der Waals surface area contributed by atoms with Crippen LogP contribution in [0.3, 0.4) is 0 Å². The molecule has 0 bridgehead atoms. The summed E-state index contributed by atoms with van der Waals surface area (Å²) in [6.45, 7) is 0.397. The smallest absolute Gasteiger partial charge is 0.373 e. The predicted molar refractivity (Wildman–Crippen MR) is 97.3 cm³/mol. The Morgan fingerprint density at radius 2 is 1.36 bits per heavy atom. The molecule has 10 heteroatoms. The van der Waals surface area contributed by atoms with Crippen molar-refractivity contribution >= 4 is 36.1 Å². The lowest BCUT2D eigenvalue weighted by Gasteiger charge is -2.04. The van der Waals surface area contributed by atoms with Crippen LogP contribution in [0.1, 0.15) is 10.4 Å². The van der Waals surface area contributed by atoms with Gasteiger partial charge in [-0.3, -0.25) is 0 Å². The van der Waals surface area contributed by atoms with Crippen LogP contribution in [0.4, 0.5) is 11.4 Å². The lowest BCUT2D eigenvalue weighted by Crippen LogP contribution is -2.04. The van der Waals surface area contributed by atoms with E-state index in [0.717, 1.165) is 12.0 Å². The number of phenolic OH excluding ortho intramolecular Hbond substituents is 1. The van der Waals surface area contributed by atoms with E-state index >= 15 is 0 Å². The molecule has 0 unspecified atom stereocenters. The molecule has 0 saturated heterocycles. The molecule has 0 heterocycles. The van der Waals surface area contributed by atoms with Crippen molar-refractivity contribution in [3.05, 3.63) is 48.0 Å². The first-order valence-electron chi connectivity index (χ1n) is 7.59. The van der Waals surface area contributed by atoms with E-state index in [0.29, 0.717) is 18.5 Å². The summed E-state index contributed by atoms with van der Waals surface area (Å²) < 4.78 is 0. The number of aromatic hydroxyl groups is 2. The Hall–Kier alpha value is -4.17. The molecule has 0 saturated carbocycles. The minimum absolute atomic E-state index is 0.101. The molecule has 0 radical (unpaired) electrons. The highest BCUT2D eigenvalue weighted by Gasteiger charge is 2.09. The number of carbonyl (C=O) groups excluding carboxylic acids is 4. The van der Waals surface area contributed by atoms with Crippen molar-refractivity contribution < 1.29 is 39.3 Å². The van der Waals surface area contributed by atoms with E-state index in [9.17, 15) is 14.4 Å². The largest absolute Gasteiger partial charge is 0.508 e. The van der Waals surface area contributed by atoms with Crippen molar-refractivity contribution in [3.8, 4) is 11.5 Å². The van der Waals surface area contributed by atoms with E-state index in [-0.39, 0.29) is 29.8 Å². The maximum absolute atomic E-state index is 10.6. The van der Waals surface area contributed by atoms with Crippen molar-refractivity contribution in [1.29, 1.82) is 0 Å². The monoisotopic (exact) mass is 390 g/mol. The number of nitrogens with one attached hydrogen (secondary N) is 2. The van der Waals surface area contributed by atoms with Gasteiger partial charge in [0.05, 0.1) is 13.1 Å². The highest BCUT2D eigenvalue weighted by molar-refractivity contribution is 5.92. The van der Waals surface area contributed by atoms with E-state index in [1.807, 2.05) is 0 Å². The van der Waals surface area contributed by atoms with Gasteiger partial charge in [-0.2, -0.15) is 9.59 Å². The van der Waals surface area contributed by atoms with Crippen LogP contribution in [0.15, 0.2) is 42.5 Å². The summed E-state index contributed by atoms with van der Waals surface area (Å²) in [6.07, 6.45) is 1.69. The lowest BCUT2D eigenvalue weighted by atomic mass is 10.2. The third kappa shape index (κ3) is 9.97. The second-order valence-electron chi connectivity index (χ2n) is 4.76. The second-order valence-corrected chi connectivity index (χ2v) is 4.76. The molecule has 28 heavy (non-hydrogen) atoms. The average Bonchev–Trinajstić information content (AvgIpc) is 2.68. The third-order valence-corrected chi connectivity index (χ3v) is 2.87. The van der Waals surface area contributed by atoms with Crippen LogP contribution in [-0.2, 0) is 19.2 Å². The summed E-state index contributed by atoms with van der Waals surface area (Å²) in [5, 5.41) is 32.2. The molecule has 5 N–H and O–H groups in total.